The summed E-state index contributed by atoms with van der Waals surface area (Å²) in [6.45, 7) is 0. The van der Waals surface area contributed by atoms with Crippen molar-refractivity contribution in [1.29, 1.82) is 0 Å². The van der Waals surface area contributed by atoms with Gasteiger partial charge in [-0.15, -0.1) is 0 Å². The average molecular weight is 271 g/mol. The van der Waals surface area contributed by atoms with Crippen LogP contribution in [-0.4, -0.2) is 25.7 Å². The molecule has 2 aromatic rings. The smallest absolute Gasteiger partial charge is 0.434 e. The molecule has 0 spiro atoms. The number of carbonyl (C=O) groups is 1. The van der Waals surface area contributed by atoms with Crippen molar-refractivity contribution < 1.29 is 23.1 Å². The molecule has 5 nitrogen and oxygen atoms in total. The van der Waals surface area contributed by atoms with Crippen LogP contribution in [0.25, 0.3) is 5.65 Å². The third-order valence-electron chi connectivity index (χ3n) is 3.07. The lowest BCUT2D eigenvalue weighted by Gasteiger charge is -2.11. The monoisotopic (exact) mass is 271 g/mol. The summed E-state index contributed by atoms with van der Waals surface area (Å²) in [5.74, 6) is -1.49. The number of aromatic nitrogens is 3. The third kappa shape index (κ3) is 1.83. The molecule has 1 saturated carbocycles. The van der Waals surface area contributed by atoms with Gasteiger partial charge in [0.2, 0.25) is 0 Å². The number of carboxylic acids is 1. The van der Waals surface area contributed by atoms with Gasteiger partial charge in [0.05, 0.1) is 6.20 Å². The van der Waals surface area contributed by atoms with Gasteiger partial charge in [-0.1, -0.05) is 0 Å². The number of carboxylic acid groups (broad SMARTS) is 1. The van der Waals surface area contributed by atoms with Crippen LogP contribution in [0.4, 0.5) is 13.2 Å². The van der Waals surface area contributed by atoms with Crippen LogP contribution in [-0.2, 0) is 6.18 Å². The van der Waals surface area contributed by atoms with Gasteiger partial charge in [0.15, 0.2) is 11.3 Å². The highest BCUT2D eigenvalue weighted by molar-refractivity contribution is 5.89. The maximum Gasteiger partial charge on any atom is 0.434 e. The fourth-order valence-corrected chi connectivity index (χ4v) is 2.06. The molecule has 0 amide bonds. The van der Waals surface area contributed by atoms with Crippen molar-refractivity contribution in [1.82, 2.24) is 14.6 Å². The number of aromatic carboxylic acids is 1. The minimum atomic E-state index is -4.80. The lowest BCUT2D eigenvalue weighted by molar-refractivity contribution is -0.143. The van der Waals surface area contributed by atoms with Crippen molar-refractivity contribution in [3.8, 4) is 0 Å². The molecule has 0 unspecified atom stereocenters. The van der Waals surface area contributed by atoms with E-state index in [0.717, 1.165) is 19.0 Å². The molecule has 1 aliphatic carbocycles. The van der Waals surface area contributed by atoms with E-state index in [9.17, 15) is 18.0 Å². The van der Waals surface area contributed by atoms with Crippen molar-refractivity contribution in [2.45, 2.75) is 24.9 Å². The molecular formula is C11H8F3N3O2. The largest absolute Gasteiger partial charge is 0.478 e. The maximum absolute atomic E-state index is 13.0. The third-order valence-corrected chi connectivity index (χ3v) is 3.07. The summed E-state index contributed by atoms with van der Waals surface area (Å²) in [5.41, 5.74) is -1.47. The molecule has 3 rings (SSSR count). The minimum absolute atomic E-state index is 0.0832. The molecule has 2 aromatic heterocycles. The fraction of sp³-hybridized carbons (Fsp3) is 0.364. The van der Waals surface area contributed by atoms with Gasteiger partial charge in [0, 0.05) is 11.8 Å². The van der Waals surface area contributed by atoms with Crippen LogP contribution in [0.1, 0.15) is 40.4 Å². The molecule has 0 aliphatic heterocycles. The average Bonchev–Trinajstić information content (AvgIpc) is 3.06. The highest BCUT2D eigenvalue weighted by Gasteiger charge is 2.40. The Morgan fingerprint density at radius 2 is 2.05 bits per heavy atom. The molecule has 1 N–H and O–H groups in total. The van der Waals surface area contributed by atoms with Crippen LogP contribution in [0.2, 0.25) is 0 Å². The zero-order chi connectivity index (χ0) is 13.8. The molecule has 100 valence electrons. The second kappa shape index (κ2) is 3.69. The second-order valence-electron chi connectivity index (χ2n) is 4.43. The zero-order valence-corrected chi connectivity index (χ0v) is 9.48. The van der Waals surface area contributed by atoms with Gasteiger partial charge in [-0.25, -0.2) is 14.3 Å². The predicted molar refractivity (Wildman–Crippen MR) is 56.9 cm³/mol. The van der Waals surface area contributed by atoms with Gasteiger partial charge in [-0.2, -0.15) is 18.3 Å². The first kappa shape index (κ1) is 11.9. The Kier molecular flexibility index (Phi) is 2.32. The number of fused-ring (bicyclic) bond motifs is 1. The van der Waals surface area contributed by atoms with Crippen molar-refractivity contribution >= 4 is 11.6 Å². The van der Waals surface area contributed by atoms with Gasteiger partial charge in [0.25, 0.3) is 0 Å². The zero-order valence-electron chi connectivity index (χ0n) is 9.48. The Morgan fingerprint density at radius 1 is 1.37 bits per heavy atom. The van der Waals surface area contributed by atoms with Crippen LogP contribution < -0.4 is 0 Å². The Hall–Kier alpha value is -2.12. The maximum atomic E-state index is 13.0. The Labute approximate surface area is 104 Å². The summed E-state index contributed by atoms with van der Waals surface area (Å²) in [7, 11) is 0. The van der Waals surface area contributed by atoms with Gasteiger partial charge in [-0.3, -0.25) is 0 Å². The topological polar surface area (TPSA) is 67.5 Å². The normalized spacial score (nSPS) is 15.9. The first-order valence-electron chi connectivity index (χ1n) is 5.56. The Bertz CT molecular complexity index is 674. The lowest BCUT2D eigenvalue weighted by atomic mass is 10.2. The molecule has 1 fully saturated rings. The summed E-state index contributed by atoms with van der Waals surface area (Å²) in [6.07, 6.45) is -0.938. The fourth-order valence-electron chi connectivity index (χ4n) is 2.06. The number of rotatable bonds is 2. The van der Waals surface area contributed by atoms with E-state index in [2.05, 4.69) is 10.1 Å². The van der Waals surface area contributed by atoms with Crippen LogP contribution in [0.5, 0.6) is 0 Å². The van der Waals surface area contributed by atoms with Crippen LogP contribution in [0, 0.1) is 0 Å². The van der Waals surface area contributed by atoms with E-state index < -0.39 is 23.4 Å². The lowest BCUT2D eigenvalue weighted by Crippen LogP contribution is -2.19. The summed E-state index contributed by atoms with van der Waals surface area (Å²) < 4.78 is 39.6. The second-order valence-corrected chi connectivity index (χ2v) is 4.43. The molecule has 0 bridgehead atoms. The number of nitrogens with zero attached hydrogens (tertiary/aromatic N) is 3. The van der Waals surface area contributed by atoms with Crippen LogP contribution in [0.3, 0.4) is 0 Å². The van der Waals surface area contributed by atoms with E-state index >= 15 is 0 Å². The molecule has 0 atom stereocenters. The molecule has 0 radical (unpaired) electrons. The highest BCUT2D eigenvalue weighted by atomic mass is 19.4. The highest BCUT2D eigenvalue weighted by Crippen LogP contribution is 2.42. The van der Waals surface area contributed by atoms with E-state index in [1.807, 2.05) is 0 Å². The molecule has 19 heavy (non-hydrogen) atoms. The molecule has 0 saturated heterocycles. The predicted octanol–water partition coefficient (Wildman–Crippen LogP) is 2.32. The number of hydrogen-bond acceptors (Lipinski definition) is 3. The van der Waals surface area contributed by atoms with Gasteiger partial charge in [0.1, 0.15) is 5.56 Å². The van der Waals surface area contributed by atoms with E-state index in [-0.39, 0.29) is 11.6 Å². The molecule has 2 heterocycles. The van der Waals surface area contributed by atoms with Crippen molar-refractivity contribution in [2.24, 2.45) is 0 Å². The minimum Gasteiger partial charge on any atom is -0.478 e. The number of halogens is 3. The van der Waals surface area contributed by atoms with Gasteiger partial charge >= 0.3 is 12.1 Å². The summed E-state index contributed by atoms with van der Waals surface area (Å²) in [4.78, 5) is 14.7. The first-order chi connectivity index (χ1) is 8.89. The van der Waals surface area contributed by atoms with Gasteiger partial charge < -0.3 is 5.11 Å². The van der Waals surface area contributed by atoms with E-state index in [1.165, 1.54) is 6.20 Å². The van der Waals surface area contributed by atoms with Crippen LogP contribution >= 0.6 is 0 Å². The molecule has 0 aromatic carbocycles. The Balaban J connectivity index is 2.32. The van der Waals surface area contributed by atoms with E-state index in [4.69, 9.17) is 5.11 Å². The quantitative estimate of drug-likeness (QED) is 0.910. The number of hydrogen-bond donors (Lipinski definition) is 1. The standard InChI is InChI=1S/C11H8F3N3O2/c12-11(13,14)8-7(10(18)19)3-15-9-6(5-1-2-5)4-16-17(8)9/h3-5H,1-2H2,(H,18,19). The molecule has 8 heteroatoms. The summed E-state index contributed by atoms with van der Waals surface area (Å²) in [5, 5.41) is 12.5. The summed E-state index contributed by atoms with van der Waals surface area (Å²) in [6, 6.07) is 0. The Morgan fingerprint density at radius 3 is 2.58 bits per heavy atom. The van der Waals surface area contributed by atoms with Crippen molar-refractivity contribution in [3.05, 3.63) is 29.2 Å². The molecular weight excluding hydrogens is 263 g/mol. The van der Waals surface area contributed by atoms with Crippen LogP contribution in [0.15, 0.2) is 12.4 Å². The molecule has 1 aliphatic rings. The summed E-state index contributed by atoms with van der Waals surface area (Å²) >= 11 is 0. The van der Waals surface area contributed by atoms with Gasteiger partial charge in [-0.05, 0) is 18.8 Å². The van der Waals surface area contributed by atoms with E-state index in [0.29, 0.717) is 10.1 Å². The first-order valence-corrected chi connectivity index (χ1v) is 5.56. The number of alkyl halides is 3. The van der Waals surface area contributed by atoms with E-state index in [1.54, 1.807) is 0 Å². The SMILES string of the molecule is O=C(O)c1cnc2c(C3CC3)cnn2c1C(F)(F)F. The van der Waals surface area contributed by atoms with Crippen molar-refractivity contribution in [2.75, 3.05) is 0 Å². The van der Waals surface area contributed by atoms with Crippen molar-refractivity contribution in [3.63, 3.8) is 0 Å².